The lowest BCUT2D eigenvalue weighted by Crippen LogP contribution is -2.13. The molecule has 0 amide bonds. The van der Waals surface area contributed by atoms with Crippen LogP contribution in [-0.4, -0.2) is 0 Å². The molecule has 0 aliphatic heterocycles. The second kappa shape index (κ2) is 3.09. The fourth-order valence-electron chi connectivity index (χ4n) is 1.96. The maximum Gasteiger partial charge on any atom is 0.162 e. The van der Waals surface area contributed by atoms with Crippen LogP contribution in [0.2, 0.25) is 0 Å². The summed E-state index contributed by atoms with van der Waals surface area (Å²) in [6.45, 7) is 2.14. The Morgan fingerprint density at radius 2 is 2.08 bits per heavy atom. The molecule has 0 heterocycles. The molecule has 1 aliphatic carbocycles. The summed E-state index contributed by atoms with van der Waals surface area (Å²) < 4.78 is 26.1. The number of halogens is 2. The predicted octanol–water partition coefficient (Wildman–Crippen LogP) is 3.09. The maximum absolute atomic E-state index is 13.2. The number of hydrogen-bond acceptors (Lipinski definition) is 0. The van der Waals surface area contributed by atoms with Crippen LogP contribution in [0.1, 0.15) is 24.5 Å². The zero-order chi connectivity index (χ0) is 9.42. The minimum Gasteiger partial charge on any atom is -0.204 e. The summed E-state index contributed by atoms with van der Waals surface area (Å²) in [5.41, 5.74) is 1.58. The number of fused-ring (bicyclic) bond motifs is 1. The lowest BCUT2D eigenvalue weighted by Gasteiger charge is -2.21. The van der Waals surface area contributed by atoms with E-state index in [-0.39, 0.29) is 0 Å². The average Bonchev–Trinajstić information content (AvgIpc) is 2.12. The van der Waals surface area contributed by atoms with Crippen LogP contribution in [0.25, 0.3) is 0 Å². The fourth-order valence-corrected chi connectivity index (χ4v) is 1.96. The van der Waals surface area contributed by atoms with Crippen molar-refractivity contribution in [3.8, 4) is 0 Å². The lowest BCUT2D eigenvalue weighted by atomic mass is 9.85. The summed E-state index contributed by atoms with van der Waals surface area (Å²) in [5, 5.41) is 0. The quantitative estimate of drug-likeness (QED) is 0.578. The first-order chi connectivity index (χ1) is 6.18. The molecule has 2 rings (SSSR count). The number of hydrogen-bond donors (Lipinski definition) is 0. The van der Waals surface area contributed by atoms with Crippen LogP contribution < -0.4 is 0 Å². The van der Waals surface area contributed by atoms with Crippen molar-refractivity contribution in [2.75, 3.05) is 0 Å². The summed E-state index contributed by atoms with van der Waals surface area (Å²) in [7, 11) is 0. The molecule has 0 unspecified atom stereocenters. The highest BCUT2D eigenvalue weighted by Gasteiger charge is 2.19. The third-order valence-corrected chi connectivity index (χ3v) is 2.75. The van der Waals surface area contributed by atoms with E-state index in [1.165, 1.54) is 6.07 Å². The van der Waals surface area contributed by atoms with Crippen LogP contribution in [-0.2, 0) is 12.8 Å². The molecule has 1 atom stereocenters. The zero-order valence-electron chi connectivity index (χ0n) is 7.61. The molecule has 0 bridgehead atoms. The molecule has 1 aliphatic rings. The van der Waals surface area contributed by atoms with Crippen molar-refractivity contribution in [3.63, 3.8) is 0 Å². The Balaban J connectivity index is 2.47. The molecule has 13 heavy (non-hydrogen) atoms. The molecule has 0 N–H and O–H groups in total. The molecule has 1 aromatic carbocycles. The molecule has 0 spiro atoms. The summed E-state index contributed by atoms with van der Waals surface area (Å²) in [6.07, 6.45) is 2.53. The minimum atomic E-state index is -0.715. The van der Waals surface area contributed by atoms with Crippen LogP contribution in [0.4, 0.5) is 8.78 Å². The highest BCUT2D eigenvalue weighted by Crippen LogP contribution is 2.28. The van der Waals surface area contributed by atoms with Gasteiger partial charge in [-0.2, -0.15) is 0 Å². The van der Waals surface area contributed by atoms with Gasteiger partial charge in [0.15, 0.2) is 11.6 Å². The van der Waals surface area contributed by atoms with Gasteiger partial charge in [0, 0.05) is 0 Å². The molecular weight excluding hydrogens is 170 g/mol. The third-order valence-electron chi connectivity index (χ3n) is 2.75. The SMILES string of the molecule is C[C@@H]1CCc2c(ccc(F)c2F)C1. The topological polar surface area (TPSA) is 0 Å². The van der Waals surface area contributed by atoms with Gasteiger partial charge in [0.05, 0.1) is 0 Å². The molecule has 2 heteroatoms. The van der Waals surface area contributed by atoms with Gasteiger partial charge in [-0.1, -0.05) is 13.0 Å². The van der Waals surface area contributed by atoms with Crippen molar-refractivity contribution in [3.05, 3.63) is 34.9 Å². The van der Waals surface area contributed by atoms with E-state index >= 15 is 0 Å². The second-order valence-corrected chi connectivity index (χ2v) is 3.85. The van der Waals surface area contributed by atoms with Crippen molar-refractivity contribution < 1.29 is 8.78 Å². The molecule has 0 saturated carbocycles. The van der Waals surface area contributed by atoms with Gasteiger partial charge in [-0.3, -0.25) is 0 Å². The smallest absolute Gasteiger partial charge is 0.162 e. The fraction of sp³-hybridized carbons (Fsp3) is 0.455. The Hall–Kier alpha value is -0.920. The summed E-state index contributed by atoms with van der Waals surface area (Å²) >= 11 is 0. The Bertz CT molecular complexity index is 331. The zero-order valence-corrected chi connectivity index (χ0v) is 7.61. The molecule has 0 nitrogen and oxygen atoms in total. The standard InChI is InChI=1S/C11H12F2/c1-7-2-4-9-8(6-7)3-5-10(12)11(9)13/h3,5,7H,2,4,6H2,1H3/t7-/m1/s1. The summed E-state index contributed by atoms with van der Waals surface area (Å²) in [5.74, 6) is -0.755. The van der Waals surface area contributed by atoms with E-state index in [9.17, 15) is 8.78 Å². The van der Waals surface area contributed by atoms with Crippen LogP contribution in [0.5, 0.6) is 0 Å². The van der Waals surface area contributed by atoms with Gasteiger partial charge in [0.2, 0.25) is 0 Å². The van der Waals surface area contributed by atoms with Gasteiger partial charge in [-0.05, 0) is 42.4 Å². The Kier molecular flexibility index (Phi) is 2.06. The normalized spacial score (nSPS) is 21.3. The monoisotopic (exact) mass is 182 g/mol. The van der Waals surface area contributed by atoms with Gasteiger partial charge in [0.25, 0.3) is 0 Å². The van der Waals surface area contributed by atoms with Crippen LogP contribution in [0.15, 0.2) is 12.1 Å². The van der Waals surface area contributed by atoms with E-state index in [1.54, 1.807) is 6.07 Å². The van der Waals surface area contributed by atoms with Gasteiger partial charge in [0.1, 0.15) is 0 Å². The van der Waals surface area contributed by atoms with E-state index in [2.05, 4.69) is 6.92 Å². The van der Waals surface area contributed by atoms with E-state index in [0.717, 1.165) is 18.4 Å². The summed E-state index contributed by atoms with van der Waals surface area (Å²) in [6, 6.07) is 2.94. The van der Waals surface area contributed by atoms with Crippen molar-refractivity contribution in [2.45, 2.75) is 26.2 Å². The Labute approximate surface area is 76.6 Å². The van der Waals surface area contributed by atoms with Crippen molar-refractivity contribution in [2.24, 2.45) is 5.92 Å². The minimum absolute atomic E-state index is 0.595. The first-order valence-corrected chi connectivity index (χ1v) is 4.64. The molecule has 0 fully saturated rings. The highest BCUT2D eigenvalue weighted by atomic mass is 19.2. The van der Waals surface area contributed by atoms with Crippen molar-refractivity contribution >= 4 is 0 Å². The predicted molar refractivity (Wildman–Crippen MR) is 47.5 cm³/mol. The number of rotatable bonds is 0. The summed E-state index contributed by atoms with van der Waals surface area (Å²) in [4.78, 5) is 0. The van der Waals surface area contributed by atoms with Crippen LogP contribution >= 0.6 is 0 Å². The van der Waals surface area contributed by atoms with E-state index < -0.39 is 11.6 Å². The largest absolute Gasteiger partial charge is 0.204 e. The van der Waals surface area contributed by atoms with Crippen LogP contribution in [0.3, 0.4) is 0 Å². The molecule has 0 saturated heterocycles. The van der Waals surface area contributed by atoms with Gasteiger partial charge >= 0.3 is 0 Å². The van der Waals surface area contributed by atoms with Gasteiger partial charge in [-0.25, -0.2) is 8.78 Å². The van der Waals surface area contributed by atoms with Gasteiger partial charge in [-0.15, -0.1) is 0 Å². The third kappa shape index (κ3) is 1.45. The van der Waals surface area contributed by atoms with Crippen molar-refractivity contribution in [1.82, 2.24) is 0 Å². The Morgan fingerprint density at radius 3 is 2.85 bits per heavy atom. The molecule has 70 valence electrons. The van der Waals surface area contributed by atoms with Crippen LogP contribution in [0, 0.1) is 17.6 Å². The van der Waals surface area contributed by atoms with Crippen molar-refractivity contribution in [1.29, 1.82) is 0 Å². The lowest BCUT2D eigenvalue weighted by molar-refractivity contribution is 0.454. The van der Waals surface area contributed by atoms with E-state index in [0.29, 0.717) is 17.9 Å². The van der Waals surface area contributed by atoms with Gasteiger partial charge < -0.3 is 0 Å². The number of benzene rings is 1. The highest BCUT2D eigenvalue weighted by molar-refractivity contribution is 5.31. The second-order valence-electron chi connectivity index (χ2n) is 3.85. The Morgan fingerprint density at radius 1 is 1.31 bits per heavy atom. The van der Waals surface area contributed by atoms with E-state index in [1.807, 2.05) is 0 Å². The molecular formula is C11H12F2. The average molecular weight is 182 g/mol. The maximum atomic E-state index is 13.2. The molecule has 0 radical (unpaired) electrons. The molecule has 1 aromatic rings. The first-order valence-electron chi connectivity index (χ1n) is 4.64. The van der Waals surface area contributed by atoms with E-state index in [4.69, 9.17) is 0 Å². The first kappa shape index (κ1) is 8.67. The molecule has 0 aromatic heterocycles.